The van der Waals surface area contributed by atoms with Crippen molar-refractivity contribution in [1.82, 2.24) is 5.32 Å². The molecule has 2 atom stereocenters. The van der Waals surface area contributed by atoms with Crippen LogP contribution in [0.15, 0.2) is 18.2 Å². The smallest absolute Gasteiger partial charge is 0.248 e. The second-order valence-corrected chi connectivity index (χ2v) is 3.93. The molecule has 3 N–H and O–H groups in total. The van der Waals surface area contributed by atoms with Crippen LogP contribution in [0.25, 0.3) is 0 Å². The van der Waals surface area contributed by atoms with E-state index >= 15 is 0 Å². The van der Waals surface area contributed by atoms with Crippen LogP contribution in [0.3, 0.4) is 0 Å². The summed E-state index contributed by atoms with van der Waals surface area (Å²) < 4.78 is 26.2. The van der Waals surface area contributed by atoms with E-state index in [4.69, 9.17) is 5.73 Å². The Morgan fingerprint density at radius 2 is 2.19 bits per heavy atom. The minimum Gasteiger partial charge on any atom is -0.366 e. The SMILES string of the molecule is NC(=O)c1cc(F)cc([C@H]2C[C@H](F)CN2)c1. The van der Waals surface area contributed by atoms with E-state index in [9.17, 15) is 13.6 Å². The molecule has 1 heterocycles. The largest absolute Gasteiger partial charge is 0.366 e. The Hall–Kier alpha value is -1.49. The van der Waals surface area contributed by atoms with Gasteiger partial charge in [0.15, 0.2) is 0 Å². The standard InChI is InChI=1S/C11H12F2N2O/c12-8-2-6(1-7(3-8)11(14)16)10-4-9(13)5-15-10/h1-3,9-10,15H,4-5H2,(H2,14,16)/t9-,10+/m0/s1. The number of nitrogens with two attached hydrogens (primary N) is 1. The molecule has 1 aromatic carbocycles. The average Bonchev–Trinajstić information content (AvgIpc) is 2.64. The summed E-state index contributed by atoms with van der Waals surface area (Å²) in [5.41, 5.74) is 5.75. The highest BCUT2D eigenvalue weighted by Gasteiger charge is 2.25. The Balaban J connectivity index is 2.30. The van der Waals surface area contributed by atoms with Gasteiger partial charge in [-0.15, -0.1) is 0 Å². The topological polar surface area (TPSA) is 55.1 Å². The predicted octanol–water partition coefficient (Wildman–Crippen LogP) is 1.30. The fraction of sp³-hybridized carbons (Fsp3) is 0.364. The first-order valence-electron chi connectivity index (χ1n) is 5.04. The number of alkyl halides is 1. The number of halogens is 2. The highest BCUT2D eigenvalue weighted by Crippen LogP contribution is 2.26. The van der Waals surface area contributed by atoms with Crippen molar-refractivity contribution in [3.8, 4) is 0 Å². The van der Waals surface area contributed by atoms with Crippen molar-refractivity contribution >= 4 is 5.91 Å². The van der Waals surface area contributed by atoms with Crippen LogP contribution in [0.5, 0.6) is 0 Å². The predicted molar refractivity (Wildman–Crippen MR) is 55.2 cm³/mol. The first-order valence-corrected chi connectivity index (χ1v) is 5.04. The van der Waals surface area contributed by atoms with E-state index in [1.165, 1.54) is 12.1 Å². The molecule has 1 saturated heterocycles. The van der Waals surface area contributed by atoms with Crippen LogP contribution in [0.2, 0.25) is 0 Å². The second kappa shape index (κ2) is 4.17. The van der Waals surface area contributed by atoms with Gasteiger partial charge in [0.05, 0.1) is 0 Å². The van der Waals surface area contributed by atoms with Gasteiger partial charge in [-0.2, -0.15) is 0 Å². The van der Waals surface area contributed by atoms with Gasteiger partial charge in [0.2, 0.25) is 5.91 Å². The third-order valence-electron chi connectivity index (χ3n) is 2.68. The maximum absolute atomic E-state index is 13.2. The Kier molecular flexibility index (Phi) is 2.87. The lowest BCUT2D eigenvalue weighted by molar-refractivity contribution is 0.0999. The number of carbonyl (C=O) groups is 1. The van der Waals surface area contributed by atoms with Crippen LogP contribution in [-0.2, 0) is 0 Å². The lowest BCUT2D eigenvalue weighted by Gasteiger charge is -2.11. The average molecular weight is 226 g/mol. The summed E-state index contributed by atoms with van der Waals surface area (Å²) in [6.07, 6.45) is -0.632. The van der Waals surface area contributed by atoms with E-state index in [0.29, 0.717) is 12.0 Å². The van der Waals surface area contributed by atoms with Gasteiger partial charge in [0.25, 0.3) is 0 Å². The summed E-state index contributed by atoms with van der Waals surface area (Å²) in [7, 11) is 0. The lowest BCUT2D eigenvalue weighted by atomic mass is 10.0. The van der Waals surface area contributed by atoms with Gasteiger partial charge in [-0.3, -0.25) is 4.79 Å². The summed E-state index contributed by atoms with van der Waals surface area (Å²) in [6, 6.07) is 3.63. The van der Waals surface area contributed by atoms with Gasteiger partial charge in [-0.1, -0.05) is 0 Å². The van der Waals surface area contributed by atoms with Gasteiger partial charge in [-0.05, 0) is 30.2 Å². The molecule has 1 amide bonds. The van der Waals surface area contributed by atoms with E-state index in [0.717, 1.165) is 6.07 Å². The molecular weight excluding hydrogens is 214 g/mol. The Morgan fingerprint density at radius 1 is 1.44 bits per heavy atom. The number of carbonyl (C=O) groups excluding carboxylic acids is 1. The Morgan fingerprint density at radius 3 is 2.75 bits per heavy atom. The van der Waals surface area contributed by atoms with Gasteiger partial charge < -0.3 is 11.1 Å². The van der Waals surface area contributed by atoms with Gasteiger partial charge in [-0.25, -0.2) is 8.78 Å². The number of rotatable bonds is 2. The number of nitrogens with one attached hydrogen (secondary N) is 1. The minimum absolute atomic E-state index is 0.110. The van der Waals surface area contributed by atoms with E-state index in [1.54, 1.807) is 0 Å². The van der Waals surface area contributed by atoms with Gasteiger partial charge >= 0.3 is 0 Å². The van der Waals surface area contributed by atoms with Crippen molar-refractivity contribution in [2.75, 3.05) is 6.54 Å². The third-order valence-corrected chi connectivity index (χ3v) is 2.68. The van der Waals surface area contributed by atoms with Crippen molar-refractivity contribution < 1.29 is 13.6 Å². The van der Waals surface area contributed by atoms with Crippen LogP contribution in [-0.4, -0.2) is 18.6 Å². The molecule has 1 aliphatic rings. The number of amides is 1. The monoisotopic (exact) mass is 226 g/mol. The zero-order valence-electron chi connectivity index (χ0n) is 8.54. The van der Waals surface area contributed by atoms with Crippen LogP contribution < -0.4 is 11.1 Å². The molecule has 0 spiro atoms. The maximum Gasteiger partial charge on any atom is 0.248 e. The molecular formula is C11H12F2N2O. The Labute approximate surface area is 91.6 Å². The number of primary amides is 1. The van der Waals surface area contributed by atoms with Crippen molar-refractivity contribution in [2.45, 2.75) is 18.6 Å². The maximum atomic E-state index is 13.2. The van der Waals surface area contributed by atoms with E-state index in [1.807, 2.05) is 0 Å². The van der Waals surface area contributed by atoms with Crippen LogP contribution in [0.1, 0.15) is 28.4 Å². The molecule has 0 saturated carbocycles. The molecule has 16 heavy (non-hydrogen) atoms. The quantitative estimate of drug-likeness (QED) is 0.798. The minimum atomic E-state index is -0.926. The van der Waals surface area contributed by atoms with Crippen LogP contribution >= 0.6 is 0 Å². The zero-order chi connectivity index (χ0) is 11.7. The lowest BCUT2D eigenvalue weighted by Crippen LogP contribution is -2.16. The molecule has 1 fully saturated rings. The van der Waals surface area contributed by atoms with Crippen LogP contribution in [0, 0.1) is 5.82 Å². The van der Waals surface area contributed by atoms with Crippen molar-refractivity contribution in [3.63, 3.8) is 0 Å². The molecule has 86 valence electrons. The molecule has 0 aliphatic carbocycles. The summed E-state index contributed by atoms with van der Waals surface area (Å²) in [5, 5.41) is 2.92. The van der Waals surface area contributed by atoms with Gasteiger partial charge in [0.1, 0.15) is 12.0 Å². The van der Waals surface area contributed by atoms with E-state index in [-0.39, 0.29) is 18.2 Å². The highest BCUT2D eigenvalue weighted by atomic mass is 19.1. The van der Waals surface area contributed by atoms with Crippen molar-refractivity contribution in [3.05, 3.63) is 35.1 Å². The first-order chi connectivity index (χ1) is 7.56. The summed E-state index contributed by atoms with van der Waals surface area (Å²) in [4.78, 5) is 10.9. The first kappa shape index (κ1) is 11.0. The molecule has 2 rings (SSSR count). The van der Waals surface area contributed by atoms with E-state index < -0.39 is 17.9 Å². The van der Waals surface area contributed by atoms with E-state index in [2.05, 4.69) is 5.32 Å². The summed E-state index contributed by atoms with van der Waals surface area (Å²) in [6.45, 7) is 0.257. The number of hydrogen-bond donors (Lipinski definition) is 2. The zero-order valence-corrected chi connectivity index (χ0v) is 8.54. The normalized spacial score (nSPS) is 24.6. The molecule has 0 aromatic heterocycles. The Bertz CT molecular complexity index is 422. The number of benzene rings is 1. The molecule has 5 heteroatoms. The van der Waals surface area contributed by atoms with Crippen LogP contribution in [0.4, 0.5) is 8.78 Å². The van der Waals surface area contributed by atoms with Crippen molar-refractivity contribution in [2.24, 2.45) is 5.73 Å². The van der Waals surface area contributed by atoms with Crippen molar-refractivity contribution in [1.29, 1.82) is 0 Å². The summed E-state index contributed by atoms with van der Waals surface area (Å²) in [5.74, 6) is -1.22. The molecule has 0 radical (unpaired) electrons. The molecule has 0 unspecified atom stereocenters. The third kappa shape index (κ3) is 2.19. The molecule has 1 aromatic rings. The van der Waals surface area contributed by atoms with Gasteiger partial charge in [0, 0.05) is 18.2 Å². The number of hydrogen-bond acceptors (Lipinski definition) is 2. The molecule has 0 bridgehead atoms. The highest BCUT2D eigenvalue weighted by molar-refractivity contribution is 5.92. The fourth-order valence-corrected chi connectivity index (χ4v) is 1.90. The fourth-order valence-electron chi connectivity index (χ4n) is 1.90. The second-order valence-electron chi connectivity index (χ2n) is 3.93. The molecule has 1 aliphatic heterocycles. The molecule has 3 nitrogen and oxygen atoms in total. The summed E-state index contributed by atoms with van der Waals surface area (Å²) >= 11 is 0.